The van der Waals surface area contributed by atoms with Gasteiger partial charge in [-0.1, -0.05) is 0 Å². The molecule has 67 valence electrons. The summed E-state index contributed by atoms with van der Waals surface area (Å²) in [5.41, 5.74) is 0. The maximum atomic E-state index is 10.6. The van der Waals surface area contributed by atoms with Gasteiger partial charge in [0, 0.05) is 0 Å². The quantitative estimate of drug-likeness (QED) is 0.387. The van der Waals surface area contributed by atoms with Crippen molar-refractivity contribution < 1.29 is 38.8 Å². The zero-order valence-electron chi connectivity index (χ0n) is 5.59. The molecule has 0 saturated carbocycles. The average Bonchev–Trinajstić information content (AvgIpc) is 2.11. The van der Waals surface area contributed by atoms with Crippen molar-refractivity contribution in [2.24, 2.45) is 0 Å². The van der Waals surface area contributed by atoms with Crippen LogP contribution in [0.5, 0.6) is 0 Å². The van der Waals surface area contributed by atoms with Crippen LogP contribution in [0.2, 0.25) is 0 Å². The van der Waals surface area contributed by atoms with Gasteiger partial charge in [0.15, 0.2) is 0 Å². The Kier molecular flexibility index (Phi) is 6.36. The van der Waals surface area contributed by atoms with Gasteiger partial charge >= 0.3 is 85.3 Å². The molecule has 5 nitrogen and oxygen atoms in total. The van der Waals surface area contributed by atoms with Crippen LogP contribution in [-0.4, -0.2) is 21.2 Å². The molecule has 0 aliphatic rings. The fourth-order valence-corrected chi connectivity index (χ4v) is 0.450. The van der Waals surface area contributed by atoms with E-state index in [4.69, 9.17) is 0 Å². The van der Waals surface area contributed by atoms with Gasteiger partial charge in [0.1, 0.15) is 0 Å². The van der Waals surface area contributed by atoms with Crippen LogP contribution >= 0.6 is 25.3 Å². The minimum atomic E-state index is -1.56. The van der Waals surface area contributed by atoms with Gasteiger partial charge < -0.3 is 0 Å². The van der Waals surface area contributed by atoms with Crippen molar-refractivity contribution in [2.75, 3.05) is 5.75 Å². The predicted octanol–water partition coefficient (Wildman–Crippen LogP) is -0.595. The molecule has 0 aromatic rings. The Morgan fingerprint density at radius 1 is 1.33 bits per heavy atom. The summed E-state index contributed by atoms with van der Waals surface area (Å²) in [6.07, 6.45) is 0. The first-order chi connectivity index (χ1) is 5.61. The Labute approximate surface area is 85.4 Å². The Hall–Kier alpha value is -0.106. The molecule has 0 aliphatic carbocycles. The maximum absolute atomic E-state index is 10.6. The van der Waals surface area contributed by atoms with Crippen molar-refractivity contribution in [2.45, 2.75) is 0 Å². The number of hydrogen-bond acceptors (Lipinski definition) is 7. The molecular weight excluding hydrogens is 243 g/mol. The van der Waals surface area contributed by atoms with Crippen molar-refractivity contribution in [1.82, 2.24) is 0 Å². The second-order valence-corrected chi connectivity index (χ2v) is 3.71. The van der Waals surface area contributed by atoms with Crippen molar-refractivity contribution in [3.63, 3.8) is 0 Å². The Bertz CT molecular complexity index is 246. The van der Waals surface area contributed by atoms with E-state index < -0.39 is 27.7 Å². The van der Waals surface area contributed by atoms with Gasteiger partial charge in [-0.05, 0) is 0 Å². The van der Waals surface area contributed by atoms with Crippen LogP contribution in [0.15, 0.2) is 0 Å². The van der Waals surface area contributed by atoms with Crippen molar-refractivity contribution >= 4 is 40.8 Å². The number of carbonyl (C=O) groups excluding carboxylic acids is 2. The van der Waals surface area contributed by atoms with Crippen LogP contribution in [0, 0.1) is 0 Å². The molecule has 0 N–H and O–H groups in total. The predicted molar refractivity (Wildman–Crippen MR) is 40.7 cm³/mol. The van der Waals surface area contributed by atoms with Crippen LogP contribution in [-0.2, 0) is 38.8 Å². The second-order valence-electron chi connectivity index (χ2n) is 1.40. The van der Waals surface area contributed by atoms with E-state index in [2.05, 4.69) is 35.0 Å². The zero-order chi connectivity index (χ0) is 9.56. The topological polar surface area (TPSA) is 69.7 Å². The molecule has 0 spiro atoms. The summed E-state index contributed by atoms with van der Waals surface area (Å²) in [6, 6.07) is 0. The minimum absolute atomic E-state index is 0.208. The Morgan fingerprint density at radius 3 is 2.33 bits per heavy atom. The molecule has 0 rings (SSSR count). The molecule has 0 bridgehead atoms. The summed E-state index contributed by atoms with van der Waals surface area (Å²) in [5, 5.41) is 0. The summed E-state index contributed by atoms with van der Waals surface area (Å²) >= 11 is 5.50. The van der Waals surface area contributed by atoms with Crippen molar-refractivity contribution in [1.29, 1.82) is 0 Å². The average molecular weight is 247 g/mol. The van der Waals surface area contributed by atoms with E-state index in [1.807, 2.05) is 0 Å². The van der Waals surface area contributed by atoms with E-state index in [-0.39, 0.29) is 9.31 Å². The van der Waals surface area contributed by atoms with Crippen LogP contribution in [0.1, 0.15) is 0 Å². The van der Waals surface area contributed by atoms with Gasteiger partial charge in [-0.25, -0.2) is 0 Å². The third-order valence-corrected chi connectivity index (χ3v) is 1.94. The molecular formula is C4H4O5S2V. The first-order valence-corrected chi connectivity index (χ1v) is 4.88. The first-order valence-electron chi connectivity index (χ1n) is 2.53. The molecule has 12 heavy (non-hydrogen) atoms. The monoisotopic (exact) mass is 247 g/mol. The third-order valence-electron chi connectivity index (χ3n) is 0.608. The van der Waals surface area contributed by atoms with E-state index in [1.54, 1.807) is 0 Å². The molecule has 0 fully saturated rings. The van der Waals surface area contributed by atoms with Gasteiger partial charge in [-0.2, -0.15) is 0 Å². The molecule has 0 aromatic carbocycles. The van der Waals surface area contributed by atoms with Crippen LogP contribution in [0.3, 0.4) is 0 Å². The standard InChI is InChI=1S/C4H4O4S2.O.V/c5-3(1-9)7-8-4(6)2-10;;/h9-10H,1H2;;. The van der Waals surface area contributed by atoms with Crippen molar-refractivity contribution in [3.8, 4) is 0 Å². The summed E-state index contributed by atoms with van der Waals surface area (Å²) < 4.78 is 9.84. The van der Waals surface area contributed by atoms with E-state index >= 15 is 0 Å². The number of rotatable bonds is 2. The van der Waals surface area contributed by atoms with Crippen LogP contribution < -0.4 is 0 Å². The molecule has 0 heterocycles. The molecule has 0 aromatic heterocycles. The molecule has 0 radical (unpaired) electrons. The number of thiol groups is 2. The van der Waals surface area contributed by atoms with E-state index in [0.717, 1.165) is 0 Å². The van der Waals surface area contributed by atoms with Gasteiger partial charge in [0.05, 0.1) is 0 Å². The molecule has 0 unspecified atom stereocenters. The Balaban J connectivity index is 3.88. The normalized spacial score (nSPS) is 8.17. The number of hydrogen-bond donors (Lipinski definition) is 2. The fourth-order valence-electron chi connectivity index (χ4n) is 0.185. The van der Waals surface area contributed by atoms with Gasteiger partial charge in [0.25, 0.3) is 0 Å². The zero-order valence-corrected chi connectivity index (χ0v) is 8.78. The Morgan fingerprint density at radius 2 is 1.92 bits per heavy atom. The van der Waals surface area contributed by atoms with E-state index in [0.29, 0.717) is 0 Å². The van der Waals surface area contributed by atoms with Gasteiger partial charge in [0.2, 0.25) is 0 Å². The first kappa shape index (κ1) is 11.9. The SMILES string of the molecule is [O]=[V]=[C](S)C(=O)OOC(=O)CS. The summed E-state index contributed by atoms with van der Waals surface area (Å²) in [5.74, 6) is -2.04. The molecule has 0 saturated heterocycles. The molecule has 0 aliphatic heterocycles. The van der Waals surface area contributed by atoms with Crippen LogP contribution in [0.25, 0.3) is 0 Å². The van der Waals surface area contributed by atoms with E-state index in [1.165, 1.54) is 0 Å². The number of carbonyl (C=O) groups is 2. The second kappa shape index (κ2) is 6.41. The van der Waals surface area contributed by atoms with Gasteiger partial charge in [-0.3, -0.25) is 0 Å². The molecule has 0 atom stereocenters. The van der Waals surface area contributed by atoms with Crippen LogP contribution in [0.4, 0.5) is 0 Å². The van der Waals surface area contributed by atoms with Gasteiger partial charge in [-0.15, -0.1) is 0 Å². The van der Waals surface area contributed by atoms with E-state index in [9.17, 15) is 13.3 Å². The summed E-state index contributed by atoms with van der Waals surface area (Å²) in [6.45, 7) is 0. The molecule has 8 heteroatoms. The fraction of sp³-hybridized carbons (Fsp3) is 0.250. The summed E-state index contributed by atoms with van der Waals surface area (Å²) in [7, 11) is 0. The van der Waals surface area contributed by atoms with Crippen molar-refractivity contribution in [3.05, 3.63) is 0 Å². The third kappa shape index (κ3) is 4.71. The summed E-state index contributed by atoms with van der Waals surface area (Å²) in [4.78, 5) is 28.8. The molecule has 0 amide bonds.